The lowest BCUT2D eigenvalue weighted by Gasteiger charge is -2.18. The van der Waals surface area contributed by atoms with Crippen molar-refractivity contribution in [2.75, 3.05) is 24.6 Å². The standard InChI is InChI=1S/C27H25ClF4N2O5/c1-2-7-17-21(11-10-16-18(27(30,31)32)14-23(36)39-25(16)17)38-13-5-3-4-12-33-22(35)15-34(26(33)37)20-9-6-8-19(28)24(20)29/h6,8-11,14H,2-5,7,12-13,15H2,1H3. The van der Waals surface area contributed by atoms with Gasteiger partial charge in [-0.25, -0.2) is 14.0 Å². The first-order valence-corrected chi connectivity index (χ1v) is 12.8. The summed E-state index contributed by atoms with van der Waals surface area (Å²) in [4.78, 5) is 39.0. The van der Waals surface area contributed by atoms with Gasteiger partial charge >= 0.3 is 17.8 Å². The first kappa shape index (κ1) is 28.4. The summed E-state index contributed by atoms with van der Waals surface area (Å²) < 4.78 is 65.7. The maximum Gasteiger partial charge on any atom is 0.417 e. The van der Waals surface area contributed by atoms with Gasteiger partial charge in [0.1, 0.15) is 17.9 Å². The normalized spacial score (nSPS) is 14.1. The third-order valence-corrected chi connectivity index (χ3v) is 6.63. The fourth-order valence-electron chi connectivity index (χ4n) is 4.50. The average Bonchev–Trinajstić information content (AvgIpc) is 3.16. The first-order valence-electron chi connectivity index (χ1n) is 12.4. The highest BCUT2D eigenvalue weighted by molar-refractivity contribution is 6.31. The lowest BCUT2D eigenvalue weighted by atomic mass is 10.0. The van der Waals surface area contributed by atoms with E-state index in [1.807, 2.05) is 6.92 Å². The number of ether oxygens (including phenoxy) is 1. The summed E-state index contributed by atoms with van der Waals surface area (Å²) in [6.07, 6.45) is -2.21. The smallest absolute Gasteiger partial charge is 0.417 e. The van der Waals surface area contributed by atoms with E-state index in [2.05, 4.69) is 0 Å². The van der Waals surface area contributed by atoms with Crippen LogP contribution in [0.5, 0.6) is 5.75 Å². The van der Waals surface area contributed by atoms with Gasteiger partial charge in [-0.3, -0.25) is 14.6 Å². The van der Waals surface area contributed by atoms with E-state index in [4.69, 9.17) is 20.8 Å². The molecule has 3 aromatic rings. The van der Waals surface area contributed by atoms with Gasteiger partial charge in [-0.15, -0.1) is 0 Å². The summed E-state index contributed by atoms with van der Waals surface area (Å²) in [7, 11) is 0. The Morgan fingerprint density at radius 2 is 1.85 bits per heavy atom. The number of aryl methyl sites for hydroxylation is 1. The molecule has 208 valence electrons. The lowest BCUT2D eigenvalue weighted by Crippen LogP contribution is -2.34. The van der Waals surface area contributed by atoms with Crippen LogP contribution in [0.25, 0.3) is 11.0 Å². The van der Waals surface area contributed by atoms with Gasteiger partial charge in [0.2, 0.25) is 0 Å². The molecule has 2 aromatic carbocycles. The zero-order chi connectivity index (χ0) is 28.3. The van der Waals surface area contributed by atoms with Crippen LogP contribution in [-0.2, 0) is 17.4 Å². The minimum absolute atomic E-state index is 0.0618. The van der Waals surface area contributed by atoms with E-state index in [9.17, 15) is 31.9 Å². The number of alkyl halides is 3. The molecule has 0 unspecified atom stereocenters. The Hall–Kier alpha value is -3.60. The number of nitrogens with zero attached hydrogens (tertiary/aromatic N) is 2. The Labute approximate surface area is 225 Å². The molecule has 12 heteroatoms. The topological polar surface area (TPSA) is 80.1 Å². The van der Waals surface area contributed by atoms with E-state index in [1.54, 1.807) is 0 Å². The van der Waals surface area contributed by atoms with Gasteiger partial charge in [-0.1, -0.05) is 31.0 Å². The number of hydrogen-bond donors (Lipinski definition) is 0. The Morgan fingerprint density at radius 3 is 2.56 bits per heavy atom. The summed E-state index contributed by atoms with van der Waals surface area (Å²) in [5.41, 5.74) is -1.96. The van der Waals surface area contributed by atoms with E-state index >= 15 is 0 Å². The molecule has 0 aliphatic carbocycles. The predicted octanol–water partition coefficient (Wildman–Crippen LogP) is 6.57. The molecule has 1 aliphatic heterocycles. The number of carbonyl (C=O) groups is 2. The number of benzene rings is 2. The molecular formula is C27H25ClF4N2O5. The van der Waals surface area contributed by atoms with Crippen LogP contribution >= 0.6 is 11.6 Å². The maximum atomic E-state index is 14.3. The van der Waals surface area contributed by atoms with Crippen molar-refractivity contribution in [1.82, 2.24) is 4.90 Å². The molecule has 1 saturated heterocycles. The molecule has 0 bridgehead atoms. The Bertz CT molecular complexity index is 1460. The number of anilines is 1. The minimum Gasteiger partial charge on any atom is -0.493 e. The molecule has 1 aromatic heterocycles. The Balaban J connectivity index is 1.35. The summed E-state index contributed by atoms with van der Waals surface area (Å²) in [5.74, 6) is -0.893. The highest BCUT2D eigenvalue weighted by atomic mass is 35.5. The third kappa shape index (κ3) is 6.03. The van der Waals surface area contributed by atoms with Gasteiger partial charge in [0, 0.05) is 23.6 Å². The van der Waals surface area contributed by atoms with Gasteiger partial charge in [0.05, 0.1) is 22.9 Å². The van der Waals surface area contributed by atoms with E-state index in [-0.39, 0.29) is 41.4 Å². The zero-order valence-electron chi connectivity index (χ0n) is 20.9. The number of halogens is 5. The van der Waals surface area contributed by atoms with Crippen LogP contribution in [0.4, 0.5) is 28.0 Å². The van der Waals surface area contributed by atoms with Gasteiger partial charge in [0.25, 0.3) is 5.91 Å². The molecule has 0 spiro atoms. The molecule has 3 amide bonds. The molecule has 0 saturated carbocycles. The second-order valence-electron chi connectivity index (χ2n) is 9.04. The average molecular weight is 569 g/mol. The molecule has 0 radical (unpaired) electrons. The number of unbranched alkanes of at least 4 members (excludes halogenated alkanes) is 2. The number of hydrogen-bond acceptors (Lipinski definition) is 5. The first-order chi connectivity index (χ1) is 18.5. The zero-order valence-corrected chi connectivity index (χ0v) is 21.7. The van der Waals surface area contributed by atoms with Crippen LogP contribution in [0.1, 0.15) is 43.7 Å². The van der Waals surface area contributed by atoms with Crippen molar-refractivity contribution in [2.24, 2.45) is 0 Å². The molecule has 1 aliphatic rings. The van der Waals surface area contributed by atoms with Crippen molar-refractivity contribution >= 4 is 40.2 Å². The summed E-state index contributed by atoms with van der Waals surface area (Å²) in [6, 6.07) is 6.70. The van der Waals surface area contributed by atoms with Crippen LogP contribution < -0.4 is 15.3 Å². The number of urea groups is 1. The van der Waals surface area contributed by atoms with Gasteiger partial charge in [-0.05, 0) is 49.9 Å². The van der Waals surface area contributed by atoms with E-state index in [0.29, 0.717) is 49.5 Å². The third-order valence-electron chi connectivity index (χ3n) is 6.34. The second-order valence-corrected chi connectivity index (χ2v) is 9.45. The molecule has 4 rings (SSSR count). The van der Waals surface area contributed by atoms with Gasteiger partial charge in [0.15, 0.2) is 5.82 Å². The number of imide groups is 1. The molecule has 7 nitrogen and oxygen atoms in total. The van der Waals surface area contributed by atoms with Crippen LogP contribution in [0.3, 0.4) is 0 Å². The SMILES string of the molecule is CCCc1c(OCCCCCN2C(=O)CN(c3cccc(Cl)c3F)C2=O)ccc2c(C(F)(F)F)cc(=O)oc12. The molecule has 39 heavy (non-hydrogen) atoms. The molecular weight excluding hydrogens is 544 g/mol. The Kier molecular flexibility index (Phi) is 8.48. The van der Waals surface area contributed by atoms with Crippen molar-refractivity contribution < 1.29 is 36.3 Å². The van der Waals surface area contributed by atoms with Crippen molar-refractivity contribution in [1.29, 1.82) is 0 Å². The van der Waals surface area contributed by atoms with Crippen molar-refractivity contribution in [3.63, 3.8) is 0 Å². The Morgan fingerprint density at radius 1 is 1.08 bits per heavy atom. The highest BCUT2D eigenvalue weighted by Crippen LogP contribution is 2.37. The fraction of sp³-hybridized carbons (Fsp3) is 0.370. The van der Waals surface area contributed by atoms with Crippen LogP contribution in [0.15, 0.2) is 45.6 Å². The second kappa shape index (κ2) is 11.6. The summed E-state index contributed by atoms with van der Waals surface area (Å²) >= 11 is 5.79. The van der Waals surface area contributed by atoms with Crippen molar-refractivity contribution in [3.8, 4) is 5.75 Å². The largest absolute Gasteiger partial charge is 0.493 e. The molecule has 2 heterocycles. The minimum atomic E-state index is -4.71. The number of amides is 3. The lowest BCUT2D eigenvalue weighted by molar-refractivity contribution is -0.136. The predicted molar refractivity (Wildman–Crippen MR) is 137 cm³/mol. The van der Waals surface area contributed by atoms with E-state index in [0.717, 1.165) is 9.80 Å². The number of rotatable bonds is 10. The highest BCUT2D eigenvalue weighted by Gasteiger charge is 2.38. The maximum absolute atomic E-state index is 14.3. The summed E-state index contributed by atoms with van der Waals surface area (Å²) in [6.45, 7) is 1.91. The van der Waals surface area contributed by atoms with Crippen molar-refractivity contribution in [3.05, 3.63) is 68.8 Å². The number of fused-ring (bicyclic) bond motifs is 1. The van der Waals surface area contributed by atoms with Gasteiger partial charge in [-0.2, -0.15) is 13.2 Å². The fourth-order valence-corrected chi connectivity index (χ4v) is 4.67. The van der Waals surface area contributed by atoms with Crippen LogP contribution in [0, 0.1) is 5.82 Å². The van der Waals surface area contributed by atoms with Gasteiger partial charge < -0.3 is 9.15 Å². The quantitative estimate of drug-likeness (QED) is 0.120. The molecule has 0 N–H and O–H groups in total. The summed E-state index contributed by atoms with van der Waals surface area (Å²) in [5, 5.41) is -0.354. The van der Waals surface area contributed by atoms with Crippen molar-refractivity contribution in [2.45, 2.75) is 45.2 Å². The monoisotopic (exact) mass is 568 g/mol. The van der Waals surface area contributed by atoms with Crippen LogP contribution in [-0.4, -0.2) is 36.5 Å². The van der Waals surface area contributed by atoms with E-state index in [1.165, 1.54) is 30.3 Å². The van der Waals surface area contributed by atoms with E-state index < -0.39 is 35.1 Å². The molecule has 1 fully saturated rings. The number of carbonyl (C=O) groups excluding carboxylic acids is 2. The molecule has 0 atom stereocenters. The van der Waals surface area contributed by atoms with Crippen LogP contribution in [0.2, 0.25) is 5.02 Å².